The van der Waals surface area contributed by atoms with Gasteiger partial charge >= 0.3 is 0 Å². The molecule has 178 valence electrons. The van der Waals surface area contributed by atoms with E-state index in [9.17, 15) is 9.90 Å². The summed E-state index contributed by atoms with van der Waals surface area (Å²) in [6.07, 6.45) is 2.00. The van der Waals surface area contributed by atoms with Gasteiger partial charge in [0.2, 0.25) is 6.79 Å². The van der Waals surface area contributed by atoms with Crippen molar-refractivity contribution in [1.82, 2.24) is 9.47 Å². The van der Waals surface area contributed by atoms with E-state index < -0.39 is 0 Å². The first-order valence-corrected chi connectivity index (χ1v) is 11.9. The summed E-state index contributed by atoms with van der Waals surface area (Å²) in [7, 11) is 0. The SMILES string of the molecule is O=C(c1ccc(Cn2cc(CO)c3ccccc32)cc1)N1CCN(c2ccc3c(c2)OCO3)CC1. The van der Waals surface area contributed by atoms with Crippen molar-refractivity contribution < 1.29 is 19.4 Å². The van der Waals surface area contributed by atoms with E-state index in [4.69, 9.17) is 9.47 Å². The van der Waals surface area contributed by atoms with Crippen molar-refractivity contribution in [3.05, 3.63) is 89.6 Å². The zero-order valence-electron chi connectivity index (χ0n) is 19.4. The molecule has 0 aliphatic carbocycles. The Balaban J connectivity index is 1.10. The average molecular weight is 470 g/mol. The molecule has 7 nitrogen and oxygen atoms in total. The summed E-state index contributed by atoms with van der Waals surface area (Å²) in [6, 6.07) is 22.0. The van der Waals surface area contributed by atoms with E-state index in [0.29, 0.717) is 25.2 Å². The number of hydrogen-bond donors (Lipinski definition) is 1. The summed E-state index contributed by atoms with van der Waals surface area (Å²) in [4.78, 5) is 17.3. The molecule has 7 heteroatoms. The Morgan fingerprint density at radius 2 is 1.66 bits per heavy atom. The first-order valence-electron chi connectivity index (χ1n) is 11.9. The molecule has 4 aromatic rings. The van der Waals surface area contributed by atoms with Gasteiger partial charge in [-0.25, -0.2) is 0 Å². The monoisotopic (exact) mass is 469 g/mol. The van der Waals surface area contributed by atoms with Gasteiger partial charge in [0.1, 0.15) is 0 Å². The van der Waals surface area contributed by atoms with Crippen LogP contribution < -0.4 is 14.4 Å². The zero-order valence-corrected chi connectivity index (χ0v) is 19.4. The summed E-state index contributed by atoms with van der Waals surface area (Å²) < 4.78 is 13.0. The molecule has 35 heavy (non-hydrogen) atoms. The van der Waals surface area contributed by atoms with Crippen LogP contribution in [0.5, 0.6) is 11.5 Å². The third-order valence-electron chi connectivity index (χ3n) is 6.88. The highest BCUT2D eigenvalue weighted by Crippen LogP contribution is 2.35. The lowest BCUT2D eigenvalue weighted by Crippen LogP contribution is -2.48. The van der Waals surface area contributed by atoms with Crippen molar-refractivity contribution in [3.8, 4) is 11.5 Å². The van der Waals surface area contributed by atoms with Gasteiger partial charge in [0.05, 0.1) is 6.61 Å². The Labute approximate surface area is 203 Å². The number of fused-ring (bicyclic) bond motifs is 2. The van der Waals surface area contributed by atoms with Crippen molar-refractivity contribution in [1.29, 1.82) is 0 Å². The van der Waals surface area contributed by atoms with Crippen molar-refractivity contribution >= 4 is 22.5 Å². The molecule has 1 saturated heterocycles. The number of rotatable bonds is 5. The highest BCUT2D eigenvalue weighted by molar-refractivity contribution is 5.94. The fourth-order valence-corrected chi connectivity index (χ4v) is 4.96. The standard InChI is InChI=1S/C28H27N3O4/c32-18-22-17-31(25-4-2-1-3-24(22)25)16-20-5-7-21(8-6-20)28(33)30-13-11-29(12-14-30)23-9-10-26-27(15-23)35-19-34-26/h1-10,15,17,32H,11-14,16,18-19H2. The molecule has 0 unspecified atom stereocenters. The maximum atomic E-state index is 13.1. The van der Waals surface area contributed by atoms with Crippen LogP contribution in [0, 0.1) is 0 Å². The molecule has 6 rings (SSSR count). The minimum absolute atomic E-state index is 0.0167. The Morgan fingerprint density at radius 3 is 2.46 bits per heavy atom. The summed E-state index contributed by atoms with van der Waals surface area (Å²) in [5.74, 6) is 1.63. The van der Waals surface area contributed by atoms with E-state index >= 15 is 0 Å². The summed E-state index contributed by atoms with van der Waals surface area (Å²) in [5, 5.41) is 10.8. The number of para-hydroxylation sites is 1. The van der Waals surface area contributed by atoms with Gasteiger partial charge in [-0.05, 0) is 35.9 Å². The predicted molar refractivity (Wildman–Crippen MR) is 134 cm³/mol. The van der Waals surface area contributed by atoms with Crippen molar-refractivity contribution in [3.63, 3.8) is 0 Å². The first kappa shape index (κ1) is 21.6. The van der Waals surface area contributed by atoms with Gasteiger partial charge in [0.15, 0.2) is 11.5 Å². The van der Waals surface area contributed by atoms with Crippen molar-refractivity contribution in [2.45, 2.75) is 13.2 Å². The van der Waals surface area contributed by atoms with Crippen molar-refractivity contribution in [2.75, 3.05) is 37.9 Å². The van der Waals surface area contributed by atoms with Gasteiger partial charge in [0, 0.05) is 72.7 Å². The number of piperazine rings is 1. The van der Waals surface area contributed by atoms with Gasteiger partial charge in [-0.3, -0.25) is 4.79 Å². The number of aromatic nitrogens is 1. The number of anilines is 1. The fourth-order valence-electron chi connectivity index (χ4n) is 4.96. The molecule has 0 saturated carbocycles. The minimum atomic E-state index is 0.0167. The molecule has 2 aliphatic heterocycles. The zero-order chi connectivity index (χ0) is 23.8. The van der Waals surface area contributed by atoms with Crippen LogP contribution in [-0.4, -0.2) is 53.5 Å². The van der Waals surface area contributed by atoms with Gasteiger partial charge in [-0.15, -0.1) is 0 Å². The Bertz CT molecular complexity index is 1370. The maximum Gasteiger partial charge on any atom is 0.253 e. The average Bonchev–Trinajstić information content (AvgIpc) is 3.53. The molecule has 0 atom stereocenters. The number of nitrogens with zero attached hydrogens (tertiary/aromatic N) is 3. The number of aliphatic hydroxyl groups excluding tert-OH is 1. The molecule has 1 amide bonds. The van der Waals surface area contributed by atoms with E-state index in [1.165, 1.54) is 0 Å². The number of amides is 1. The fraction of sp³-hybridized carbons (Fsp3) is 0.250. The van der Waals surface area contributed by atoms with Gasteiger partial charge < -0.3 is 28.9 Å². The van der Waals surface area contributed by atoms with E-state index in [1.54, 1.807) is 0 Å². The van der Waals surface area contributed by atoms with Gasteiger partial charge in [-0.2, -0.15) is 0 Å². The number of carbonyl (C=O) groups excluding carboxylic acids is 1. The van der Waals surface area contributed by atoms with E-state index in [2.05, 4.69) is 15.5 Å². The van der Waals surface area contributed by atoms with Crippen molar-refractivity contribution in [2.24, 2.45) is 0 Å². The normalized spacial score (nSPS) is 15.1. The number of carbonyl (C=O) groups is 1. The molecular weight excluding hydrogens is 442 g/mol. The number of aliphatic hydroxyl groups is 1. The maximum absolute atomic E-state index is 13.1. The molecule has 1 aromatic heterocycles. The van der Waals surface area contributed by atoms with Crippen LogP contribution in [0.3, 0.4) is 0 Å². The molecular formula is C28H27N3O4. The highest BCUT2D eigenvalue weighted by Gasteiger charge is 2.24. The van der Waals surface area contributed by atoms with Crippen LogP contribution in [0.2, 0.25) is 0 Å². The van der Waals surface area contributed by atoms with Crippen LogP contribution >= 0.6 is 0 Å². The van der Waals surface area contributed by atoms with E-state index in [0.717, 1.165) is 52.3 Å². The second kappa shape index (κ2) is 9.00. The lowest BCUT2D eigenvalue weighted by atomic mass is 10.1. The molecule has 0 spiro atoms. The van der Waals surface area contributed by atoms with Crippen LogP contribution in [0.4, 0.5) is 5.69 Å². The third-order valence-corrected chi connectivity index (χ3v) is 6.88. The van der Waals surface area contributed by atoms with Crippen LogP contribution in [0.15, 0.2) is 72.9 Å². The van der Waals surface area contributed by atoms with Crippen LogP contribution in [-0.2, 0) is 13.2 Å². The Kier molecular flexibility index (Phi) is 5.54. The third kappa shape index (κ3) is 4.08. The molecule has 1 N–H and O–H groups in total. The molecule has 0 radical (unpaired) electrons. The smallest absolute Gasteiger partial charge is 0.253 e. The number of ether oxygens (including phenoxy) is 2. The number of benzene rings is 3. The Morgan fingerprint density at radius 1 is 0.886 bits per heavy atom. The molecule has 3 heterocycles. The van der Waals surface area contributed by atoms with E-state index in [1.807, 2.05) is 71.8 Å². The molecule has 3 aromatic carbocycles. The minimum Gasteiger partial charge on any atom is -0.454 e. The van der Waals surface area contributed by atoms with Crippen LogP contribution in [0.25, 0.3) is 10.9 Å². The summed E-state index contributed by atoms with van der Waals surface area (Å²) in [5.41, 5.74) is 4.93. The highest BCUT2D eigenvalue weighted by atomic mass is 16.7. The summed E-state index contributed by atoms with van der Waals surface area (Å²) in [6.45, 7) is 3.87. The van der Waals surface area contributed by atoms with Crippen LogP contribution in [0.1, 0.15) is 21.5 Å². The molecule has 2 aliphatic rings. The van der Waals surface area contributed by atoms with Gasteiger partial charge in [-0.1, -0.05) is 30.3 Å². The second-order valence-corrected chi connectivity index (χ2v) is 8.97. The second-order valence-electron chi connectivity index (χ2n) is 8.97. The summed E-state index contributed by atoms with van der Waals surface area (Å²) >= 11 is 0. The quantitative estimate of drug-likeness (QED) is 0.481. The lowest BCUT2D eigenvalue weighted by molar-refractivity contribution is 0.0746. The lowest BCUT2D eigenvalue weighted by Gasteiger charge is -2.36. The Hall–Kier alpha value is -3.97. The van der Waals surface area contributed by atoms with Gasteiger partial charge in [0.25, 0.3) is 5.91 Å². The largest absolute Gasteiger partial charge is 0.454 e. The molecule has 1 fully saturated rings. The molecule has 0 bridgehead atoms. The predicted octanol–water partition coefficient (Wildman–Crippen LogP) is 3.87. The first-order chi connectivity index (χ1) is 17.2. The van der Waals surface area contributed by atoms with E-state index in [-0.39, 0.29) is 19.3 Å². The topological polar surface area (TPSA) is 67.2 Å². The number of hydrogen-bond acceptors (Lipinski definition) is 5.